The second-order valence-electron chi connectivity index (χ2n) is 3.29. The highest BCUT2D eigenvalue weighted by atomic mass is 32.1. The Labute approximate surface area is 61.8 Å². The molecular weight excluding hydrogens is 130 g/mol. The van der Waals surface area contributed by atoms with Crippen molar-refractivity contribution in [3.05, 3.63) is 0 Å². The Bertz CT molecular complexity index is 129. The second kappa shape index (κ2) is 2.25. The van der Waals surface area contributed by atoms with Gasteiger partial charge < -0.3 is 5.32 Å². The molecule has 0 radical (unpaired) electrons. The summed E-state index contributed by atoms with van der Waals surface area (Å²) in [6.45, 7) is 4.39. The lowest BCUT2D eigenvalue weighted by Crippen LogP contribution is -2.45. The molecule has 0 amide bonds. The van der Waals surface area contributed by atoms with Gasteiger partial charge in [0.15, 0.2) is 0 Å². The molecule has 2 heteroatoms. The number of thiocarbonyl (C=S) groups is 1. The van der Waals surface area contributed by atoms with Crippen LogP contribution in [0.2, 0.25) is 0 Å². The fourth-order valence-corrected chi connectivity index (χ4v) is 1.61. The van der Waals surface area contributed by atoms with Crippen LogP contribution in [-0.4, -0.2) is 10.5 Å². The molecule has 1 rings (SSSR count). The molecule has 0 aromatic rings. The molecule has 1 aliphatic rings. The van der Waals surface area contributed by atoms with E-state index in [0.29, 0.717) is 0 Å². The molecule has 0 bridgehead atoms. The van der Waals surface area contributed by atoms with Gasteiger partial charge >= 0.3 is 0 Å². The molecule has 0 atom stereocenters. The van der Waals surface area contributed by atoms with E-state index in [1.54, 1.807) is 0 Å². The fourth-order valence-electron chi connectivity index (χ4n) is 1.19. The van der Waals surface area contributed by atoms with Crippen molar-refractivity contribution in [1.29, 1.82) is 0 Å². The standard InChI is InChI=1S/C7H13NS/c1-7(2)5-3-4-6(9)8-7/h3-5H2,1-2H3,(H,8,9). The van der Waals surface area contributed by atoms with Crippen LogP contribution in [0.1, 0.15) is 33.1 Å². The average Bonchev–Trinajstić information content (AvgIpc) is 1.60. The number of rotatable bonds is 0. The Hall–Kier alpha value is -0.110. The van der Waals surface area contributed by atoms with Crippen LogP contribution in [0.25, 0.3) is 0 Å². The molecule has 1 aliphatic heterocycles. The van der Waals surface area contributed by atoms with E-state index in [0.717, 1.165) is 11.4 Å². The van der Waals surface area contributed by atoms with Crippen molar-refractivity contribution in [3.63, 3.8) is 0 Å². The molecule has 1 nitrogen and oxygen atoms in total. The topological polar surface area (TPSA) is 12.0 Å². The molecule has 0 unspecified atom stereocenters. The number of piperidine rings is 1. The van der Waals surface area contributed by atoms with Crippen LogP contribution in [0.15, 0.2) is 0 Å². The third-order valence-electron chi connectivity index (χ3n) is 1.68. The minimum atomic E-state index is 0.259. The van der Waals surface area contributed by atoms with E-state index in [1.165, 1.54) is 12.8 Å². The zero-order valence-corrected chi connectivity index (χ0v) is 6.85. The predicted molar refractivity (Wildman–Crippen MR) is 43.7 cm³/mol. The van der Waals surface area contributed by atoms with Gasteiger partial charge in [-0.25, -0.2) is 0 Å². The molecule has 0 saturated carbocycles. The van der Waals surface area contributed by atoms with Gasteiger partial charge in [0.25, 0.3) is 0 Å². The van der Waals surface area contributed by atoms with E-state index >= 15 is 0 Å². The van der Waals surface area contributed by atoms with Gasteiger partial charge in [0, 0.05) is 5.54 Å². The molecule has 1 N–H and O–H groups in total. The maximum Gasteiger partial charge on any atom is 0.0757 e. The highest BCUT2D eigenvalue weighted by molar-refractivity contribution is 7.80. The Morgan fingerprint density at radius 2 is 2.22 bits per heavy atom. The lowest BCUT2D eigenvalue weighted by molar-refractivity contribution is 0.391. The molecule has 0 aliphatic carbocycles. The summed E-state index contributed by atoms with van der Waals surface area (Å²) in [5.74, 6) is 0. The van der Waals surface area contributed by atoms with Crippen LogP contribution in [0.5, 0.6) is 0 Å². The van der Waals surface area contributed by atoms with Crippen LogP contribution in [0.4, 0.5) is 0 Å². The first-order valence-electron chi connectivity index (χ1n) is 3.41. The molecule has 1 fully saturated rings. The van der Waals surface area contributed by atoms with E-state index in [1.807, 2.05) is 0 Å². The van der Waals surface area contributed by atoms with Crippen molar-refractivity contribution in [1.82, 2.24) is 5.32 Å². The van der Waals surface area contributed by atoms with Gasteiger partial charge in [-0.15, -0.1) is 0 Å². The molecule has 0 aromatic carbocycles. The monoisotopic (exact) mass is 143 g/mol. The van der Waals surface area contributed by atoms with Gasteiger partial charge in [-0.1, -0.05) is 12.2 Å². The first kappa shape index (κ1) is 7.00. The van der Waals surface area contributed by atoms with E-state index < -0.39 is 0 Å². The lowest BCUT2D eigenvalue weighted by atomic mass is 9.93. The first-order valence-corrected chi connectivity index (χ1v) is 3.82. The summed E-state index contributed by atoms with van der Waals surface area (Å²) in [7, 11) is 0. The van der Waals surface area contributed by atoms with Crippen molar-refractivity contribution >= 4 is 17.2 Å². The van der Waals surface area contributed by atoms with Crippen LogP contribution >= 0.6 is 12.2 Å². The van der Waals surface area contributed by atoms with Crippen LogP contribution in [0.3, 0.4) is 0 Å². The largest absolute Gasteiger partial charge is 0.375 e. The molecule has 0 spiro atoms. The highest BCUT2D eigenvalue weighted by Gasteiger charge is 2.21. The molecule has 1 saturated heterocycles. The van der Waals surface area contributed by atoms with Gasteiger partial charge in [0.1, 0.15) is 0 Å². The van der Waals surface area contributed by atoms with Crippen LogP contribution < -0.4 is 5.32 Å². The minimum absolute atomic E-state index is 0.259. The third-order valence-corrected chi connectivity index (χ3v) is 1.99. The van der Waals surface area contributed by atoms with Crippen molar-refractivity contribution in [3.8, 4) is 0 Å². The van der Waals surface area contributed by atoms with E-state index in [4.69, 9.17) is 12.2 Å². The average molecular weight is 143 g/mol. The summed E-state index contributed by atoms with van der Waals surface area (Å²) >= 11 is 5.04. The smallest absolute Gasteiger partial charge is 0.0757 e. The zero-order valence-electron chi connectivity index (χ0n) is 6.03. The maximum absolute atomic E-state index is 5.04. The number of hydrogen-bond acceptors (Lipinski definition) is 1. The van der Waals surface area contributed by atoms with Gasteiger partial charge in [-0.3, -0.25) is 0 Å². The Morgan fingerprint density at radius 3 is 2.56 bits per heavy atom. The summed E-state index contributed by atoms with van der Waals surface area (Å²) in [4.78, 5) is 1.03. The second-order valence-corrected chi connectivity index (χ2v) is 3.78. The molecule has 1 heterocycles. The predicted octanol–water partition coefficient (Wildman–Crippen LogP) is 1.87. The van der Waals surface area contributed by atoms with E-state index in [2.05, 4.69) is 19.2 Å². The summed E-state index contributed by atoms with van der Waals surface area (Å²) in [5.41, 5.74) is 0.259. The molecule has 9 heavy (non-hydrogen) atoms. The number of hydrogen-bond donors (Lipinski definition) is 1. The fraction of sp³-hybridized carbons (Fsp3) is 0.857. The lowest BCUT2D eigenvalue weighted by Gasteiger charge is -2.32. The van der Waals surface area contributed by atoms with Crippen molar-refractivity contribution in [2.45, 2.75) is 38.6 Å². The van der Waals surface area contributed by atoms with Crippen molar-refractivity contribution in [2.75, 3.05) is 0 Å². The summed E-state index contributed by atoms with van der Waals surface area (Å²) in [6, 6.07) is 0. The minimum Gasteiger partial charge on any atom is -0.375 e. The van der Waals surface area contributed by atoms with Crippen molar-refractivity contribution < 1.29 is 0 Å². The van der Waals surface area contributed by atoms with Crippen LogP contribution in [-0.2, 0) is 0 Å². The zero-order chi connectivity index (χ0) is 6.91. The maximum atomic E-state index is 5.04. The number of nitrogens with one attached hydrogen (secondary N) is 1. The summed E-state index contributed by atoms with van der Waals surface area (Å²) in [5, 5.41) is 3.29. The molecular formula is C7H13NS. The first-order chi connectivity index (χ1) is 4.10. The van der Waals surface area contributed by atoms with Gasteiger partial charge in [0.2, 0.25) is 0 Å². The van der Waals surface area contributed by atoms with Crippen molar-refractivity contribution in [2.24, 2.45) is 0 Å². The highest BCUT2D eigenvalue weighted by Crippen LogP contribution is 2.18. The Kier molecular flexibility index (Phi) is 1.75. The van der Waals surface area contributed by atoms with Gasteiger partial charge in [0.05, 0.1) is 4.99 Å². The van der Waals surface area contributed by atoms with Crippen LogP contribution in [0, 0.1) is 0 Å². The Balaban J connectivity index is 2.51. The molecule has 52 valence electrons. The van der Waals surface area contributed by atoms with E-state index in [-0.39, 0.29) is 5.54 Å². The SMILES string of the molecule is CC1(C)CCCC(=S)N1. The van der Waals surface area contributed by atoms with Gasteiger partial charge in [-0.05, 0) is 33.1 Å². The summed E-state index contributed by atoms with van der Waals surface area (Å²) < 4.78 is 0. The Morgan fingerprint density at radius 1 is 1.56 bits per heavy atom. The summed E-state index contributed by atoms with van der Waals surface area (Å²) in [6.07, 6.45) is 3.57. The molecule has 0 aromatic heterocycles. The van der Waals surface area contributed by atoms with E-state index in [9.17, 15) is 0 Å². The quantitative estimate of drug-likeness (QED) is 0.519. The third kappa shape index (κ3) is 1.94. The normalized spacial score (nSPS) is 25.3. The van der Waals surface area contributed by atoms with Gasteiger partial charge in [-0.2, -0.15) is 0 Å².